The van der Waals surface area contributed by atoms with E-state index in [2.05, 4.69) is 20.6 Å². The number of hydroxylamine groups is 2. The van der Waals surface area contributed by atoms with Crippen molar-refractivity contribution < 1.29 is 47.9 Å². The Kier molecular flexibility index (Phi) is 11.4. The lowest BCUT2D eigenvalue weighted by Crippen LogP contribution is -2.55. The number of hydrogen-bond donors (Lipinski definition) is 2. The van der Waals surface area contributed by atoms with E-state index < -0.39 is 30.0 Å². The molecule has 0 saturated carbocycles. The largest absolute Gasteiger partial charge is 0.527 e. The van der Waals surface area contributed by atoms with E-state index in [1.807, 2.05) is 0 Å². The third kappa shape index (κ3) is 8.89. The SMILES string of the molecule is CCOC(=O)ON1CCN(C(=O)[C@H](CCC(=O)O)NC(=O)c2cc(OCC(=O)N3CCC[C@H]3c3nc(C)no3)n(-c3ccccc3)n2)CC1. The van der Waals surface area contributed by atoms with Crippen molar-refractivity contribution in [3.63, 3.8) is 0 Å². The number of benzene rings is 1. The lowest BCUT2D eigenvalue weighted by molar-refractivity contribution is -0.157. The van der Waals surface area contributed by atoms with Gasteiger partial charge in [-0.15, -0.1) is 5.06 Å². The molecule has 0 radical (unpaired) electrons. The fourth-order valence-electron chi connectivity index (χ4n) is 5.55. The first kappa shape index (κ1) is 34.8. The zero-order chi connectivity index (χ0) is 34.9. The second-order valence-electron chi connectivity index (χ2n) is 11.3. The van der Waals surface area contributed by atoms with E-state index in [4.69, 9.17) is 18.8 Å². The van der Waals surface area contributed by atoms with Gasteiger partial charge in [0.25, 0.3) is 11.8 Å². The monoisotopic (exact) mass is 682 g/mol. The summed E-state index contributed by atoms with van der Waals surface area (Å²) in [5.41, 5.74) is 0.429. The van der Waals surface area contributed by atoms with Crippen molar-refractivity contribution in [3.05, 3.63) is 53.8 Å². The van der Waals surface area contributed by atoms with Gasteiger partial charge in [0.1, 0.15) is 12.1 Å². The van der Waals surface area contributed by atoms with Gasteiger partial charge in [0.15, 0.2) is 18.1 Å². The van der Waals surface area contributed by atoms with Gasteiger partial charge in [-0.3, -0.25) is 19.2 Å². The molecular formula is C31H38N8O10. The highest BCUT2D eigenvalue weighted by atomic mass is 16.8. The Hall–Kier alpha value is -5.52. The Bertz CT molecular complexity index is 1640. The molecule has 1 aromatic carbocycles. The van der Waals surface area contributed by atoms with Crippen LogP contribution in [0, 0.1) is 6.92 Å². The molecule has 18 heteroatoms. The van der Waals surface area contributed by atoms with Crippen molar-refractivity contribution >= 4 is 29.8 Å². The highest BCUT2D eigenvalue weighted by Crippen LogP contribution is 2.31. The fraction of sp³-hybridized carbons (Fsp3) is 0.484. The topological polar surface area (TPSA) is 212 Å². The molecule has 2 aliphatic rings. The quantitative estimate of drug-likeness (QED) is 0.245. The summed E-state index contributed by atoms with van der Waals surface area (Å²) in [7, 11) is 0. The Labute approximate surface area is 280 Å². The summed E-state index contributed by atoms with van der Waals surface area (Å²) in [4.78, 5) is 75.8. The van der Waals surface area contributed by atoms with E-state index in [1.165, 1.54) is 20.7 Å². The molecule has 0 spiro atoms. The molecule has 3 aromatic rings. The number of amides is 3. The molecule has 5 rings (SSSR count). The zero-order valence-electron chi connectivity index (χ0n) is 27.1. The molecule has 262 valence electrons. The molecule has 2 atom stereocenters. The van der Waals surface area contributed by atoms with Crippen molar-refractivity contribution in [2.24, 2.45) is 0 Å². The van der Waals surface area contributed by atoms with Crippen LogP contribution >= 0.6 is 0 Å². The number of piperazine rings is 1. The number of carboxylic acids is 1. The van der Waals surface area contributed by atoms with Gasteiger partial charge in [0, 0.05) is 32.1 Å². The van der Waals surface area contributed by atoms with E-state index in [-0.39, 0.29) is 75.8 Å². The predicted octanol–water partition coefficient (Wildman–Crippen LogP) is 1.50. The molecule has 0 unspecified atom stereocenters. The third-order valence-electron chi connectivity index (χ3n) is 7.92. The van der Waals surface area contributed by atoms with E-state index in [0.29, 0.717) is 30.4 Å². The number of carbonyl (C=O) groups excluding carboxylic acids is 4. The first-order valence-electron chi connectivity index (χ1n) is 15.9. The maximum absolute atomic E-state index is 13.5. The number of para-hydroxylation sites is 1. The second-order valence-corrected chi connectivity index (χ2v) is 11.3. The molecule has 2 aliphatic heterocycles. The van der Waals surface area contributed by atoms with E-state index in [0.717, 1.165) is 6.42 Å². The summed E-state index contributed by atoms with van der Waals surface area (Å²) in [6.07, 6.45) is 0.0166. The average molecular weight is 683 g/mol. The molecule has 0 aliphatic carbocycles. The number of likely N-dealkylation sites (tertiary alicyclic amines) is 1. The maximum Gasteiger partial charge on any atom is 0.527 e. The Morgan fingerprint density at radius 3 is 2.51 bits per heavy atom. The van der Waals surface area contributed by atoms with Crippen LogP contribution in [0.4, 0.5) is 4.79 Å². The zero-order valence-corrected chi connectivity index (χ0v) is 27.1. The van der Waals surface area contributed by atoms with Crippen LogP contribution in [0.25, 0.3) is 5.69 Å². The molecule has 2 fully saturated rings. The Morgan fingerprint density at radius 2 is 1.84 bits per heavy atom. The first-order chi connectivity index (χ1) is 23.6. The van der Waals surface area contributed by atoms with Gasteiger partial charge in [0.2, 0.25) is 17.7 Å². The summed E-state index contributed by atoms with van der Waals surface area (Å²) in [6, 6.07) is 8.61. The van der Waals surface area contributed by atoms with Crippen LogP contribution in [0.3, 0.4) is 0 Å². The number of nitrogens with zero attached hydrogens (tertiary/aromatic N) is 7. The van der Waals surface area contributed by atoms with Gasteiger partial charge in [-0.1, -0.05) is 23.4 Å². The highest BCUT2D eigenvalue weighted by molar-refractivity contribution is 5.96. The Morgan fingerprint density at radius 1 is 1.08 bits per heavy atom. The number of carboxylic acid groups (broad SMARTS) is 1. The smallest absolute Gasteiger partial charge is 0.481 e. The molecule has 18 nitrogen and oxygen atoms in total. The van der Waals surface area contributed by atoms with Gasteiger partial charge in [0.05, 0.1) is 25.4 Å². The summed E-state index contributed by atoms with van der Waals surface area (Å²) in [6.45, 7) is 4.33. The lowest BCUT2D eigenvalue weighted by Gasteiger charge is -2.35. The van der Waals surface area contributed by atoms with Crippen LogP contribution in [0.2, 0.25) is 0 Å². The molecule has 2 N–H and O–H groups in total. The van der Waals surface area contributed by atoms with Gasteiger partial charge >= 0.3 is 12.1 Å². The molecule has 3 amide bonds. The summed E-state index contributed by atoms with van der Waals surface area (Å²) in [5.74, 6) is -1.77. The summed E-state index contributed by atoms with van der Waals surface area (Å²) >= 11 is 0. The molecular weight excluding hydrogens is 644 g/mol. The van der Waals surface area contributed by atoms with Crippen LogP contribution in [-0.4, -0.2) is 122 Å². The van der Waals surface area contributed by atoms with Gasteiger partial charge in [-0.2, -0.15) is 10.1 Å². The van der Waals surface area contributed by atoms with Crippen LogP contribution in [0.15, 0.2) is 40.9 Å². The number of aromatic nitrogens is 4. The number of hydrogen-bond acceptors (Lipinski definition) is 13. The third-order valence-corrected chi connectivity index (χ3v) is 7.92. The van der Waals surface area contributed by atoms with Gasteiger partial charge < -0.3 is 39.1 Å². The standard InChI is InChI=1S/C31H38N8O10/c1-3-46-31(45)49-37-16-14-36(15-17-37)30(44)22(11-12-27(41)42)33-28(43)23-18-26(39(34-23)21-8-5-4-6-9-21)47-19-25(40)38-13-7-10-24(38)29-32-20(2)35-48-29/h4-6,8-9,18,22,24H,3,7,10-17,19H2,1-2H3,(H,33,43)(H,41,42)/t22-,24-/m0/s1. The summed E-state index contributed by atoms with van der Waals surface area (Å²) in [5, 5.41) is 21.6. The summed E-state index contributed by atoms with van der Waals surface area (Å²) < 4.78 is 17.4. The second kappa shape index (κ2) is 16.1. The molecule has 2 saturated heterocycles. The minimum Gasteiger partial charge on any atom is -0.481 e. The van der Waals surface area contributed by atoms with Crippen molar-refractivity contribution in [3.8, 4) is 11.6 Å². The minimum absolute atomic E-state index is 0.0974. The number of aliphatic carboxylic acids is 1. The van der Waals surface area contributed by atoms with Crippen LogP contribution < -0.4 is 10.1 Å². The number of ether oxygens (including phenoxy) is 2. The van der Waals surface area contributed by atoms with Crippen LogP contribution in [0.5, 0.6) is 5.88 Å². The maximum atomic E-state index is 13.5. The molecule has 2 aromatic heterocycles. The van der Waals surface area contributed by atoms with Crippen molar-refractivity contribution in [1.82, 2.24) is 40.1 Å². The van der Waals surface area contributed by atoms with E-state index in [9.17, 15) is 29.1 Å². The molecule has 4 heterocycles. The highest BCUT2D eigenvalue weighted by Gasteiger charge is 2.35. The van der Waals surface area contributed by atoms with Crippen LogP contribution in [0.1, 0.15) is 60.9 Å². The normalized spacial score (nSPS) is 17.0. The van der Waals surface area contributed by atoms with Crippen LogP contribution in [-0.2, 0) is 24.0 Å². The average Bonchev–Trinajstić information content (AvgIpc) is 3.86. The number of aryl methyl sites for hydroxylation is 1. The fourth-order valence-corrected chi connectivity index (χ4v) is 5.55. The van der Waals surface area contributed by atoms with Gasteiger partial charge in [-0.25, -0.2) is 9.48 Å². The number of rotatable bonds is 13. The molecule has 49 heavy (non-hydrogen) atoms. The Balaban J connectivity index is 1.28. The minimum atomic E-state index is -1.19. The molecule has 0 bridgehead atoms. The number of nitrogens with one attached hydrogen (secondary N) is 1. The van der Waals surface area contributed by atoms with Crippen molar-refractivity contribution in [2.45, 2.75) is 51.6 Å². The first-order valence-corrected chi connectivity index (χ1v) is 15.9. The van der Waals surface area contributed by atoms with Crippen molar-refractivity contribution in [1.29, 1.82) is 0 Å². The van der Waals surface area contributed by atoms with Crippen molar-refractivity contribution in [2.75, 3.05) is 45.9 Å². The van der Waals surface area contributed by atoms with E-state index in [1.54, 1.807) is 49.1 Å². The van der Waals surface area contributed by atoms with Gasteiger partial charge in [-0.05, 0) is 45.2 Å². The van der Waals surface area contributed by atoms with E-state index >= 15 is 0 Å². The lowest BCUT2D eigenvalue weighted by atomic mass is 10.1. The number of carbonyl (C=O) groups is 5. The predicted molar refractivity (Wildman–Crippen MR) is 166 cm³/mol.